The van der Waals surface area contributed by atoms with Gasteiger partial charge in [-0.1, -0.05) is 13.8 Å². The lowest BCUT2D eigenvalue weighted by Gasteiger charge is -2.49. The molecule has 1 N–H and O–H groups in total. The molecule has 1 fully saturated rings. The number of nitrogens with zero attached hydrogens (tertiary/aromatic N) is 2. The normalized spacial score (nSPS) is 20.2. The molecular formula is C15H33N3. The van der Waals surface area contributed by atoms with Gasteiger partial charge in [0.25, 0.3) is 0 Å². The van der Waals surface area contributed by atoms with Crippen molar-refractivity contribution < 1.29 is 0 Å². The molecule has 1 aliphatic carbocycles. The molecule has 0 heterocycles. The highest BCUT2D eigenvalue weighted by Crippen LogP contribution is 2.36. The van der Waals surface area contributed by atoms with Gasteiger partial charge in [0.15, 0.2) is 0 Å². The maximum absolute atomic E-state index is 3.65. The molecule has 1 unspecified atom stereocenters. The molecule has 1 rings (SSSR count). The van der Waals surface area contributed by atoms with E-state index in [-0.39, 0.29) is 0 Å². The minimum absolute atomic E-state index is 0.456. The molecule has 0 amide bonds. The molecule has 1 atom stereocenters. The number of likely N-dealkylation sites (N-methyl/N-ethyl adjacent to an activating group) is 2. The number of hydrogen-bond donors (Lipinski definition) is 1. The first kappa shape index (κ1) is 15.9. The quantitative estimate of drug-likeness (QED) is 0.681. The van der Waals surface area contributed by atoms with E-state index in [1.807, 2.05) is 0 Å². The maximum Gasteiger partial charge on any atom is 0.0330 e. The Hall–Kier alpha value is -0.120. The molecule has 1 aliphatic rings. The van der Waals surface area contributed by atoms with Crippen LogP contribution in [0.4, 0.5) is 0 Å². The number of nitrogens with one attached hydrogen (secondary N) is 1. The lowest BCUT2D eigenvalue weighted by molar-refractivity contribution is 0.0255. The van der Waals surface area contributed by atoms with Crippen LogP contribution in [0, 0.1) is 0 Å². The summed E-state index contributed by atoms with van der Waals surface area (Å²) in [4.78, 5) is 4.96. The summed E-state index contributed by atoms with van der Waals surface area (Å²) in [5.41, 5.74) is 0.456. The van der Waals surface area contributed by atoms with E-state index >= 15 is 0 Å². The molecule has 0 aromatic heterocycles. The fourth-order valence-electron chi connectivity index (χ4n) is 2.96. The third-order valence-corrected chi connectivity index (χ3v) is 4.51. The molecule has 0 spiro atoms. The van der Waals surface area contributed by atoms with Gasteiger partial charge in [0, 0.05) is 24.7 Å². The van der Waals surface area contributed by atoms with Crippen molar-refractivity contribution in [3.8, 4) is 0 Å². The summed E-state index contributed by atoms with van der Waals surface area (Å²) >= 11 is 0. The molecule has 18 heavy (non-hydrogen) atoms. The number of hydrogen-bond acceptors (Lipinski definition) is 3. The van der Waals surface area contributed by atoms with Gasteiger partial charge >= 0.3 is 0 Å². The fraction of sp³-hybridized carbons (Fsp3) is 1.00. The van der Waals surface area contributed by atoms with Crippen molar-refractivity contribution in [1.82, 2.24) is 15.1 Å². The standard InChI is InChI=1S/C15H33N3/c1-6-11-16-14(7-2)12-18(5)13-15(17(3)4)9-8-10-15/h14,16H,6-13H2,1-5H3. The molecule has 1 saturated carbocycles. The minimum atomic E-state index is 0.456. The highest BCUT2D eigenvalue weighted by molar-refractivity contribution is 4.98. The summed E-state index contributed by atoms with van der Waals surface area (Å²) in [6.07, 6.45) is 6.57. The predicted octanol–water partition coefficient (Wildman–Crippen LogP) is 2.18. The molecule has 108 valence electrons. The van der Waals surface area contributed by atoms with E-state index in [0.717, 1.165) is 6.54 Å². The van der Waals surface area contributed by atoms with Crippen LogP contribution < -0.4 is 5.32 Å². The van der Waals surface area contributed by atoms with Gasteiger partial charge in [-0.25, -0.2) is 0 Å². The Morgan fingerprint density at radius 1 is 1.17 bits per heavy atom. The Morgan fingerprint density at radius 3 is 2.22 bits per heavy atom. The van der Waals surface area contributed by atoms with Crippen LogP contribution in [0.1, 0.15) is 46.0 Å². The van der Waals surface area contributed by atoms with Crippen LogP contribution in [0.3, 0.4) is 0 Å². The molecule has 3 nitrogen and oxygen atoms in total. The average Bonchev–Trinajstić information content (AvgIpc) is 2.28. The van der Waals surface area contributed by atoms with Gasteiger partial charge in [-0.3, -0.25) is 0 Å². The van der Waals surface area contributed by atoms with Gasteiger partial charge in [0.05, 0.1) is 0 Å². The molecule has 0 radical (unpaired) electrons. The molecule has 0 aliphatic heterocycles. The van der Waals surface area contributed by atoms with Gasteiger partial charge in [-0.05, 0) is 59.8 Å². The first-order valence-corrected chi connectivity index (χ1v) is 7.63. The van der Waals surface area contributed by atoms with Gasteiger partial charge in [-0.2, -0.15) is 0 Å². The summed E-state index contributed by atoms with van der Waals surface area (Å²) in [6.45, 7) is 8.05. The van der Waals surface area contributed by atoms with Crippen molar-refractivity contribution in [3.05, 3.63) is 0 Å². The SMILES string of the molecule is CCCNC(CC)CN(C)CC1(N(C)C)CCC1. The average molecular weight is 255 g/mol. The molecule has 0 aromatic carbocycles. The van der Waals surface area contributed by atoms with Crippen molar-refractivity contribution in [2.24, 2.45) is 0 Å². The summed E-state index contributed by atoms with van der Waals surface area (Å²) < 4.78 is 0. The Bertz CT molecular complexity index is 224. The van der Waals surface area contributed by atoms with Crippen molar-refractivity contribution in [3.63, 3.8) is 0 Å². The Morgan fingerprint density at radius 2 is 1.83 bits per heavy atom. The van der Waals surface area contributed by atoms with E-state index in [0.29, 0.717) is 11.6 Å². The van der Waals surface area contributed by atoms with Crippen LogP contribution in [0.15, 0.2) is 0 Å². The van der Waals surface area contributed by atoms with Crippen molar-refractivity contribution in [2.45, 2.75) is 57.5 Å². The third kappa shape index (κ3) is 4.22. The minimum Gasteiger partial charge on any atom is -0.313 e. The van der Waals surface area contributed by atoms with Crippen LogP contribution >= 0.6 is 0 Å². The van der Waals surface area contributed by atoms with Gasteiger partial charge in [-0.15, -0.1) is 0 Å². The fourth-order valence-corrected chi connectivity index (χ4v) is 2.96. The van der Waals surface area contributed by atoms with Crippen LogP contribution in [-0.4, -0.2) is 62.2 Å². The molecule has 0 aromatic rings. The van der Waals surface area contributed by atoms with E-state index < -0.39 is 0 Å². The third-order valence-electron chi connectivity index (χ3n) is 4.51. The van der Waals surface area contributed by atoms with Crippen molar-refractivity contribution in [2.75, 3.05) is 40.8 Å². The van der Waals surface area contributed by atoms with E-state index in [4.69, 9.17) is 0 Å². The monoisotopic (exact) mass is 255 g/mol. The lowest BCUT2D eigenvalue weighted by Crippen LogP contribution is -2.57. The zero-order valence-electron chi connectivity index (χ0n) is 13.1. The van der Waals surface area contributed by atoms with Gasteiger partial charge < -0.3 is 15.1 Å². The Kier molecular flexibility index (Phi) is 6.61. The van der Waals surface area contributed by atoms with Crippen molar-refractivity contribution >= 4 is 0 Å². The largest absolute Gasteiger partial charge is 0.313 e. The zero-order chi connectivity index (χ0) is 13.6. The van der Waals surface area contributed by atoms with Crippen LogP contribution in [0.2, 0.25) is 0 Å². The molecule has 3 heteroatoms. The Balaban J connectivity index is 2.37. The second-order valence-corrected chi connectivity index (χ2v) is 6.23. The van der Waals surface area contributed by atoms with E-state index in [2.05, 4.69) is 50.1 Å². The highest BCUT2D eigenvalue weighted by Gasteiger charge is 2.39. The van der Waals surface area contributed by atoms with Crippen molar-refractivity contribution in [1.29, 1.82) is 0 Å². The van der Waals surface area contributed by atoms with E-state index in [1.165, 1.54) is 45.2 Å². The van der Waals surface area contributed by atoms with Gasteiger partial charge in [0.1, 0.15) is 0 Å². The topological polar surface area (TPSA) is 18.5 Å². The maximum atomic E-state index is 3.65. The summed E-state index contributed by atoms with van der Waals surface area (Å²) in [5.74, 6) is 0. The van der Waals surface area contributed by atoms with Crippen LogP contribution in [0.5, 0.6) is 0 Å². The summed E-state index contributed by atoms with van der Waals surface area (Å²) in [6, 6.07) is 0.647. The first-order chi connectivity index (χ1) is 8.54. The second kappa shape index (κ2) is 7.46. The predicted molar refractivity (Wildman–Crippen MR) is 80.1 cm³/mol. The van der Waals surface area contributed by atoms with Crippen LogP contribution in [-0.2, 0) is 0 Å². The zero-order valence-corrected chi connectivity index (χ0v) is 13.1. The summed E-state index contributed by atoms with van der Waals surface area (Å²) in [7, 11) is 6.75. The number of rotatable bonds is 9. The Labute approximate surface area is 114 Å². The highest BCUT2D eigenvalue weighted by atomic mass is 15.2. The van der Waals surface area contributed by atoms with E-state index in [1.54, 1.807) is 0 Å². The van der Waals surface area contributed by atoms with Gasteiger partial charge in [0.2, 0.25) is 0 Å². The lowest BCUT2D eigenvalue weighted by atomic mass is 9.75. The molecular weight excluding hydrogens is 222 g/mol. The molecule has 0 saturated heterocycles. The summed E-state index contributed by atoms with van der Waals surface area (Å²) in [5, 5.41) is 3.65. The van der Waals surface area contributed by atoms with Crippen LogP contribution in [0.25, 0.3) is 0 Å². The van der Waals surface area contributed by atoms with E-state index in [9.17, 15) is 0 Å². The first-order valence-electron chi connectivity index (χ1n) is 7.63. The second-order valence-electron chi connectivity index (χ2n) is 6.23. The smallest absolute Gasteiger partial charge is 0.0330 e. The molecule has 0 bridgehead atoms.